The molecule has 146 valence electrons. The van der Waals surface area contributed by atoms with Gasteiger partial charge in [-0.2, -0.15) is 0 Å². The molecule has 8 nitrogen and oxygen atoms in total. The molecule has 0 saturated heterocycles. The maximum absolute atomic E-state index is 12.3. The van der Waals surface area contributed by atoms with Crippen molar-refractivity contribution < 1.29 is 13.2 Å². The molecule has 3 rings (SSSR count). The van der Waals surface area contributed by atoms with Crippen molar-refractivity contribution in [3.05, 3.63) is 66.4 Å². The van der Waals surface area contributed by atoms with E-state index in [0.717, 1.165) is 5.56 Å². The van der Waals surface area contributed by atoms with Gasteiger partial charge in [-0.3, -0.25) is 9.48 Å². The molecule has 1 aromatic heterocycles. The monoisotopic (exact) mass is 399 g/mol. The lowest BCUT2D eigenvalue weighted by molar-refractivity contribution is -0.116. The molecule has 0 saturated carbocycles. The van der Waals surface area contributed by atoms with Gasteiger partial charge < -0.3 is 5.32 Å². The third kappa shape index (κ3) is 5.48. The van der Waals surface area contributed by atoms with Crippen molar-refractivity contribution in [1.82, 2.24) is 19.7 Å². The predicted molar refractivity (Wildman–Crippen MR) is 107 cm³/mol. The van der Waals surface area contributed by atoms with Crippen molar-refractivity contribution in [3.8, 4) is 11.3 Å². The second-order valence-corrected chi connectivity index (χ2v) is 8.07. The first-order valence-corrected chi connectivity index (χ1v) is 10.3. The Bertz CT molecular complexity index is 1050. The van der Waals surface area contributed by atoms with Crippen LogP contribution in [0.5, 0.6) is 0 Å². The number of carbonyl (C=O) groups excluding carboxylic acids is 1. The van der Waals surface area contributed by atoms with Crippen molar-refractivity contribution in [3.63, 3.8) is 0 Å². The molecule has 0 aliphatic rings. The van der Waals surface area contributed by atoms with E-state index in [1.54, 1.807) is 54.3 Å². The van der Waals surface area contributed by atoms with Gasteiger partial charge in [-0.05, 0) is 11.6 Å². The van der Waals surface area contributed by atoms with Crippen LogP contribution in [0.2, 0.25) is 0 Å². The van der Waals surface area contributed by atoms with Crippen LogP contribution in [0, 0.1) is 0 Å². The van der Waals surface area contributed by atoms with E-state index in [9.17, 15) is 13.2 Å². The number of para-hydroxylation sites is 1. The Morgan fingerprint density at radius 1 is 1.07 bits per heavy atom. The molecule has 1 amide bonds. The average molecular weight is 399 g/mol. The number of nitrogens with one attached hydrogen (secondary N) is 2. The number of amides is 1. The molecule has 0 bridgehead atoms. The van der Waals surface area contributed by atoms with E-state index in [-0.39, 0.29) is 24.6 Å². The molecule has 9 heteroatoms. The molecule has 0 radical (unpaired) electrons. The highest BCUT2D eigenvalue weighted by atomic mass is 32.2. The van der Waals surface area contributed by atoms with Crippen molar-refractivity contribution in [2.75, 3.05) is 11.9 Å². The van der Waals surface area contributed by atoms with Crippen molar-refractivity contribution in [2.45, 2.75) is 12.2 Å². The number of aryl methyl sites for hydroxylation is 1. The summed E-state index contributed by atoms with van der Waals surface area (Å²) in [6.45, 7) is 0.0221. The zero-order valence-electron chi connectivity index (χ0n) is 15.4. The number of nitrogens with zero attached hydrogens (tertiary/aromatic N) is 3. The number of hydrogen-bond acceptors (Lipinski definition) is 5. The summed E-state index contributed by atoms with van der Waals surface area (Å²) in [5, 5.41) is 10.8. The summed E-state index contributed by atoms with van der Waals surface area (Å²) in [6.07, 6.45) is 1.77. The highest BCUT2D eigenvalue weighted by Crippen LogP contribution is 2.25. The maximum atomic E-state index is 12.3. The summed E-state index contributed by atoms with van der Waals surface area (Å²) in [5.74, 6) is -0.413. The fourth-order valence-electron chi connectivity index (χ4n) is 2.66. The lowest BCUT2D eigenvalue weighted by Gasteiger charge is -2.10. The summed E-state index contributed by atoms with van der Waals surface area (Å²) in [5.41, 5.74) is 2.67. The van der Waals surface area contributed by atoms with Gasteiger partial charge in [-0.1, -0.05) is 53.7 Å². The smallest absolute Gasteiger partial charge is 0.225 e. The van der Waals surface area contributed by atoms with Crippen molar-refractivity contribution in [2.24, 2.45) is 7.05 Å². The van der Waals surface area contributed by atoms with Gasteiger partial charge in [-0.15, -0.1) is 5.10 Å². The Kier molecular flexibility index (Phi) is 6.17. The predicted octanol–water partition coefficient (Wildman–Crippen LogP) is 1.93. The van der Waals surface area contributed by atoms with E-state index in [1.165, 1.54) is 0 Å². The average Bonchev–Trinajstić information content (AvgIpc) is 3.08. The zero-order valence-corrected chi connectivity index (χ0v) is 16.2. The van der Waals surface area contributed by atoms with Crippen LogP contribution < -0.4 is 10.0 Å². The van der Waals surface area contributed by atoms with Crippen LogP contribution in [-0.2, 0) is 27.6 Å². The molecular formula is C19H21N5O3S. The van der Waals surface area contributed by atoms with Crippen molar-refractivity contribution >= 4 is 21.6 Å². The number of rotatable bonds is 8. The van der Waals surface area contributed by atoms with Crippen LogP contribution in [0.4, 0.5) is 5.69 Å². The first-order chi connectivity index (χ1) is 13.4. The summed E-state index contributed by atoms with van der Waals surface area (Å²) >= 11 is 0. The van der Waals surface area contributed by atoms with Gasteiger partial charge >= 0.3 is 0 Å². The van der Waals surface area contributed by atoms with Crippen LogP contribution in [0.3, 0.4) is 0 Å². The summed E-state index contributed by atoms with van der Waals surface area (Å²) in [4.78, 5) is 12.3. The Labute approximate surface area is 163 Å². The van der Waals surface area contributed by atoms with E-state index < -0.39 is 10.0 Å². The van der Waals surface area contributed by atoms with E-state index in [4.69, 9.17) is 0 Å². The van der Waals surface area contributed by atoms with Crippen LogP contribution in [0.25, 0.3) is 11.3 Å². The van der Waals surface area contributed by atoms with Crippen LogP contribution in [-0.4, -0.2) is 35.9 Å². The van der Waals surface area contributed by atoms with E-state index in [0.29, 0.717) is 16.9 Å². The quantitative estimate of drug-likeness (QED) is 0.602. The fraction of sp³-hybridized carbons (Fsp3) is 0.211. The third-order valence-electron chi connectivity index (χ3n) is 3.95. The van der Waals surface area contributed by atoms with Crippen LogP contribution >= 0.6 is 0 Å². The van der Waals surface area contributed by atoms with E-state index in [2.05, 4.69) is 20.4 Å². The number of aromatic nitrogens is 3. The zero-order chi connectivity index (χ0) is 20.0. The lowest BCUT2D eigenvalue weighted by atomic mass is 10.1. The number of anilines is 1. The Hall–Kier alpha value is -3.04. The minimum atomic E-state index is -3.50. The Balaban J connectivity index is 1.55. The lowest BCUT2D eigenvalue weighted by Crippen LogP contribution is -2.28. The van der Waals surface area contributed by atoms with Gasteiger partial charge in [0.05, 0.1) is 17.6 Å². The molecule has 28 heavy (non-hydrogen) atoms. The van der Waals surface area contributed by atoms with E-state index in [1.807, 2.05) is 18.2 Å². The minimum absolute atomic E-state index is 0.0167. The summed E-state index contributed by atoms with van der Waals surface area (Å²) in [6, 6.07) is 16.1. The molecule has 0 aliphatic carbocycles. The normalized spacial score (nSPS) is 11.3. The Morgan fingerprint density at radius 2 is 1.79 bits per heavy atom. The van der Waals surface area contributed by atoms with E-state index >= 15 is 0 Å². The highest BCUT2D eigenvalue weighted by molar-refractivity contribution is 7.88. The molecule has 3 aromatic rings. The molecule has 1 heterocycles. The van der Waals surface area contributed by atoms with Gasteiger partial charge in [0.15, 0.2) is 0 Å². The first-order valence-electron chi connectivity index (χ1n) is 8.70. The second-order valence-electron chi connectivity index (χ2n) is 6.26. The van der Waals surface area contributed by atoms with Gasteiger partial charge in [0.25, 0.3) is 0 Å². The molecule has 2 N–H and O–H groups in total. The maximum Gasteiger partial charge on any atom is 0.225 e. The second kappa shape index (κ2) is 8.77. The molecule has 2 aromatic carbocycles. The molecular weight excluding hydrogens is 378 g/mol. The Morgan fingerprint density at radius 3 is 2.50 bits per heavy atom. The number of carbonyl (C=O) groups is 1. The van der Waals surface area contributed by atoms with Gasteiger partial charge in [0.1, 0.15) is 5.69 Å². The molecule has 0 spiro atoms. The van der Waals surface area contributed by atoms with Gasteiger partial charge in [0, 0.05) is 25.6 Å². The van der Waals surface area contributed by atoms with Crippen LogP contribution in [0.1, 0.15) is 12.0 Å². The number of hydrogen-bond donors (Lipinski definition) is 2. The van der Waals surface area contributed by atoms with Gasteiger partial charge in [0.2, 0.25) is 15.9 Å². The minimum Gasteiger partial charge on any atom is -0.325 e. The molecule has 0 fully saturated rings. The SMILES string of the molecule is Cn1cc(-c2ccccc2NC(=O)CCNS(=O)(=O)Cc2ccccc2)nn1. The van der Waals surface area contributed by atoms with Crippen LogP contribution in [0.15, 0.2) is 60.8 Å². The third-order valence-corrected chi connectivity index (χ3v) is 5.31. The van der Waals surface area contributed by atoms with Gasteiger partial charge in [-0.25, -0.2) is 13.1 Å². The van der Waals surface area contributed by atoms with Crippen molar-refractivity contribution in [1.29, 1.82) is 0 Å². The number of sulfonamides is 1. The first kappa shape index (κ1) is 19.7. The molecule has 0 aliphatic heterocycles. The largest absolute Gasteiger partial charge is 0.325 e. The molecule has 0 unspecified atom stereocenters. The topological polar surface area (TPSA) is 106 Å². The number of benzene rings is 2. The fourth-order valence-corrected chi connectivity index (χ4v) is 3.81. The standard InChI is InChI=1S/C19H21N5O3S/c1-24-13-18(22-23-24)16-9-5-6-10-17(16)21-19(25)11-12-20-28(26,27)14-15-7-3-2-4-8-15/h2-10,13,20H,11-12,14H2,1H3,(H,21,25). The highest BCUT2D eigenvalue weighted by Gasteiger charge is 2.14. The summed E-state index contributed by atoms with van der Waals surface area (Å²) in [7, 11) is -1.74. The molecule has 0 atom stereocenters. The summed E-state index contributed by atoms with van der Waals surface area (Å²) < 4.78 is 28.3.